The van der Waals surface area contributed by atoms with Crippen LogP contribution in [0.3, 0.4) is 0 Å². The molecule has 2 aromatic carbocycles. The summed E-state index contributed by atoms with van der Waals surface area (Å²) in [6, 6.07) is 10.9. The van der Waals surface area contributed by atoms with Crippen LogP contribution in [0.1, 0.15) is 55.5 Å². The van der Waals surface area contributed by atoms with Crippen molar-refractivity contribution in [2.75, 3.05) is 19.0 Å². The van der Waals surface area contributed by atoms with Crippen LogP contribution in [0.5, 0.6) is 0 Å². The van der Waals surface area contributed by atoms with E-state index in [1.807, 2.05) is 43.3 Å². The van der Waals surface area contributed by atoms with Crippen LogP contribution in [0, 0.1) is 11.7 Å². The number of fused-ring (bicyclic) bond motifs is 1. The van der Waals surface area contributed by atoms with Gasteiger partial charge in [0.05, 0.1) is 11.1 Å². The Hall–Kier alpha value is -2.74. The molecule has 0 bridgehead atoms. The lowest BCUT2D eigenvalue weighted by molar-refractivity contribution is -0.138. The zero-order valence-corrected chi connectivity index (χ0v) is 20.2. The highest BCUT2D eigenvalue weighted by atomic mass is 19.4. The first kappa shape index (κ1) is 25.4. The van der Waals surface area contributed by atoms with Crippen molar-refractivity contribution in [3.05, 3.63) is 65.2 Å². The van der Waals surface area contributed by atoms with Crippen LogP contribution in [0.15, 0.2) is 42.5 Å². The molecule has 4 nitrogen and oxygen atoms in total. The molecule has 1 saturated carbocycles. The van der Waals surface area contributed by atoms with E-state index in [2.05, 4.69) is 5.32 Å². The van der Waals surface area contributed by atoms with Crippen molar-refractivity contribution in [3.63, 3.8) is 0 Å². The third-order valence-electron chi connectivity index (χ3n) is 6.87. The smallest absolute Gasteiger partial charge is 0.362 e. The molecule has 8 heteroatoms. The van der Waals surface area contributed by atoms with E-state index in [1.165, 1.54) is 0 Å². The fraction of sp³-hybridized carbons (Fsp3) is 0.481. The Kier molecular flexibility index (Phi) is 7.89. The van der Waals surface area contributed by atoms with E-state index in [1.54, 1.807) is 0 Å². The molecule has 1 aliphatic carbocycles. The topological polar surface area (TPSA) is 41.1 Å². The summed E-state index contributed by atoms with van der Waals surface area (Å²) in [7, 11) is 3.98. The number of nitrogens with zero attached hydrogens (tertiary/aromatic N) is 3. The number of hydrogen-bond donors (Lipinski definition) is 1. The molecule has 1 fully saturated rings. The molecule has 0 spiro atoms. The number of halogens is 4. The summed E-state index contributed by atoms with van der Waals surface area (Å²) < 4.78 is 53.2. The van der Waals surface area contributed by atoms with Crippen molar-refractivity contribution in [1.29, 1.82) is 0 Å². The molecule has 188 valence electrons. The summed E-state index contributed by atoms with van der Waals surface area (Å²) >= 11 is 0. The molecule has 0 unspecified atom stereocenters. The van der Waals surface area contributed by atoms with Gasteiger partial charge in [0.2, 0.25) is 0 Å². The molecule has 3 aromatic rings. The predicted molar refractivity (Wildman–Crippen MR) is 131 cm³/mol. The molecule has 0 amide bonds. The number of aryl methyl sites for hydroxylation is 1. The van der Waals surface area contributed by atoms with E-state index in [4.69, 9.17) is 9.97 Å². The highest BCUT2D eigenvalue weighted by Crippen LogP contribution is 2.33. The van der Waals surface area contributed by atoms with Crippen LogP contribution < -0.4 is 10.2 Å². The second-order valence-corrected chi connectivity index (χ2v) is 9.67. The molecule has 0 atom stereocenters. The van der Waals surface area contributed by atoms with E-state index < -0.39 is 17.6 Å². The first-order chi connectivity index (χ1) is 16.7. The van der Waals surface area contributed by atoms with Crippen molar-refractivity contribution in [2.45, 2.75) is 63.7 Å². The van der Waals surface area contributed by atoms with E-state index in [9.17, 15) is 17.6 Å². The average Bonchev–Trinajstić information content (AvgIpc) is 2.82. The van der Waals surface area contributed by atoms with Crippen LogP contribution in [-0.4, -0.2) is 30.1 Å². The van der Waals surface area contributed by atoms with Gasteiger partial charge >= 0.3 is 6.18 Å². The Labute approximate surface area is 203 Å². The number of alkyl halides is 3. The lowest BCUT2D eigenvalue weighted by atomic mass is 9.83. The minimum atomic E-state index is -4.48. The molecule has 0 aliphatic heterocycles. The molecule has 0 radical (unpaired) electrons. The highest BCUT2D eigenvalue weighted by molar-refractivity contribution is 5.89. The number of nitrogens with one attached hydrogen (secondary N) is 1. The Balaban J connectivity index is 1.25. The van der Waals surface area contributed by atoms with Crippen LogP contribution in [0.4, 0.5) is 23.4 Å². The van der Waals surface area contributed by atoms with E-state index in [-0.39, 0.29) is 18.2 Å². The second-order valence-electron chi connectivity index (χ2n) is 9.67. The SMILES string of the molecule is CN(C)c1nc(CCCC2CCC(NCc3cc(F)ccc3C(F)(F)F)CC2)nc2ccccc12. The first-order valence-electron chi connectivity index (χ1n) is 12.2. The Morgan fingerprint density at radius 3 is 2.46 bits per heavy atom. The fourth-order valence-electron chi connectivity index (χ4n) is 5.00. The molecular weight excluding hydrogens is 456 g/mol. The third-order valence-corrected chi connectivity index (χ3v) is 6.87. The largest absolute Gasteiger partial charge is 0.416 e. The van der Waals surface area contributed by atoms with Gasteiger partial charge in [-0.3, -0.25) is 0 Å². The number of para-hydroxylation sites is 1. The average molecular weight is 489 g/mol. The lowest BCUT2D eigenvalue weighted by Gasteiger charge is -2.29. The minimum Gasteiger partial charge on any atom is -0.362 e. The maximum atomic E-state index is 13.5. The Morgan fingerprint density at radius 2 is 1.74 bits per heavy atom. The van der Waals surface area contributed by atoms with Crippen molar-refractivity contribution in [2.24, 2.45) is 5.92 Å². The Bertz CT molecular complexity index is 1140. The summed E-state index contributed by atoms with van der Waals surface area (Å²) in [5.41, 5.74) is 0.153. The number of anilines is 1. The van der Waals surface area contributed by atoms with Gasteiger partial charge in [-0.15, -0.1) is 0 Å². The Morgan fingerprint density at radius 1 is 1.00 bits per heavy atom. The van der Waals surface area contributed by atoms with Gasteiger partial charge in [-0.25, -0.2) is 14.4 Å². The third kappa shape index (κ3) is 6.48. The molecule has 1 heterocycles. The molecule has 0 saturated heterocycles. The molecule has 35 heavy (non-hydrogen) atoms. The molecule has 1 aromatic heterocycles. The van der Waals surface area contributed by atoms with Gasteiger partial charge in [0.1, 0.15) is 17.5 Å². The summed E-state index contributed by atoms with van der Waals surface area (Å²) in [5.74, 6) is 1.75. The maximum absolute atomic E-state index is 13.5. The summed E-state index contributed by atoms with van der Waals surface area (Å²) in [4.78, 5) is 11.5. The maximum Gasteiger partial charge on any atom is 0.416 e. The quantitative estimate of drug-likeness (QED) is 0.366. The number of rotatable bonds is 8. The van der Waals surface area contributed by atoms with E-state index in [0.29, 0.717) is 5.92 Å². The monoisotopic (exact) mass is 488 g/mol. The van der Waals surface area contributed by atoms with Crippen LogP contribution in [0.25, 0.3) is 10.9 Å². The van der Waals surface area contributed by atoms with Gasteiger partial charge in [0, 0.05) is 38.5 Å². The van der Waals surface area contributed by atoms with Crippen molar-refractivity contribution >= 4 is 16.7 Å². The predicted octanol–water partition coefficient (Wildman–Crippen LogP) is 6.53. The zero-order valence-electron chi connectivity index (χ0n) is 20.2. The minimum absolute atomic E-state index is 0.0233. The van der Waals surface area contributed by atoms with Crippen molar-refractivity contribution in [1.82, 2.24) is 15.3 Å². The van der Waals surface area contributed by atoms with Gasteiger partial charge in [0.15, 0.2) is 0 Å². The highest BCUT2D eigenvalue weighted by Gasteiger charge is 2.33. The molecular formula is C27H32F4N4. The standard InChI is InChI=1S/C27H32F4N4/c1-35(2)26-22-7-3-4-8-24(22)33-25(34-26)9-5-6-18-10-13-21(14-11-18)32-17-19-16-20(28)12-15-23(19)27(29,30)31/h3-4,7-8,12,15-16,18,21,32H,5-6,9-11,13-14,17H2,1-2H3. The fourth-order valence-corrected chi connectivity index (χ4v) is 5.00. The molecule has 4 rings (SSSR count). The molecule has 1 N–H and O–H groups in total. The van der Waals surface area contributed by atoms with Crippen LogP contribution >= 0.6 is 0 Å². The van der Waals surface area contributed by atoms with Crippen molar-refractivity contribution < 1.29 is 17.6 Å². The van der Waals surface area contributed by atoms with Gasteiger partial charge in [-0.05, 0) is 73.9 Å². The van der Waals surface area contributed by atoms with E-state index >= 15 is 0 Å². The van der Waals surface area contributed by atoms with Gasteiger partial charge in [0.25, 0.3) is 0 Å². The van der Waals surface area contributed by atoms with Crippen molar-refractivity contribution in [3.8, 4) is 0 Å². The van der Waals surface area contributed by atoms with Gasteiger partial charge < -0.3 is 10.2 Å². The van der Waals surface area contributed by atoms with Crippen LogP contribution in [0.2, 0.25) is 0 Å². The zero-order chi connectivity index (χ0) is 25.0. The first-order valence-corrected chi connectivity index (χ1v) is 12.2. The summed E-state index contributed by atoms with van der Waals surface area (Å²) in [5, 5.41) is 4.27. The van der Waals surface area contributed by atoms with Crippen LogP contribution in [-0.2, 0) is 19.1 Å². The van der Waals surface area contributed by atoms with E-state index in [0.717, 1.165) is 85.7 Å². The normalized spacial score (nSPS) is 18.7. The molecule has 1 aliphatic rings. The van der Waals surface area contributed by atoms with Gasteiger partial charge in [-0.2, -0.15) is 13.2 Å². The summed E-state index contributed by atoms with van der Waals surface area (Å²) in [6.45, 7) is 0.0233. The summed E-state index contributed by atoms with van der Waals surface area (Å²) in [6.07, 6.45) is 2.34. The number of hydrogen-bond acceptors (Lipinski definition) is 4. The number of aromatic nitrogens is 2. The lowest BCUT2D eigenvalue weighted by Crippen LogP contribution is -2.33. The number of benzene rings is 2. The second kappa shape index (κ2) is 10.9. The van der Waals surface area contributed by atoms with Gasteiger partial charge in [-0.1, -0.05) is 18.6 Å².